The number of carbonyl (C=O) groups is 2. The lowest BCUT2D eigenvalue weighted by molar-refractivity contribution is -0.122. The first-order valence-corrected chi connectivity index (χ1v) is 12.1. The van der Waals surface area contributed by atoms with Crippen LogP contribution in [-0.2, 0) is 4.79 Å². The van der Waals surface area contributed by atoms with Crippen molar-refractivity contribution in [3.63, 3.8) is 0 Å². The Balaban J connectivity index is 1.29. The van der Waals surface area contributed by atoms with Crippen molar-refractivity contribution in [1.82, 2.24) is 4.90 Å². The van der Waals surface area contributed by atoms with Crippen molar-refractivity contribution in [1.29, 1.82) is 0 Å². The number of carbonyl (C=O) groups excluding carboxylic acids is 2. The van der Waals surface area contributed by atoms with Crippen molar-refractivity contribution in [2.75, 3.05) is 36.4 Å². The summed E-state index contributed by atoms with van der Waals surface area (Å²) < 4.78 is 5.67. The third kappa shape index (κ3) is 5.79. The zero-order valence-corrected chi connectivity index (χ0v) is 20.3. The van der Waals surface area contributed by atoms with Crippen LogP contribution in [0.15, 0.2) is 60.0 Å². The Morgan fingerprint density at radius 1 is 1.03 bits per heavy atom. The van der Waals surface area contributed by atoms with E-state index >= 15 is 0 Å². The highest BCUT2D eigenvalue weighted by Crippen LogP contribution is 2.28. The molecule has 0 radical (unpaired) electrons. The molecule has 1 fully saturated rings. The summed E-state index contributed by atoms with van der Waals surface area (Å²) in [5, 5.41) is 5.63. The number of hydrogen-bond donors (Lipinski definition) is 1. The van der Waals surface area contributed by atoms with Gasteiger partial charge in [0.15, 0.2) is 6.10 Å². The molecule has 9 heteroatoms. The van der Waals surface area contributed by atoms with Gasteiger partial charge in [-0.05, 0) is 60.8 Å². The minimum Gasteiger partial charge on any atom is -0.479 e. The third-order valence-corrected chi connectivity index (χ3v) is 6.75. The van der Waals surface area contributed by atoms with E-state index in [4.69, 9.17) is 27.9 Å². The van der Waals surface area contributed by atoms with Gasteiger partial charge in [-0.15, -0.1) is 11.3 Å². The molecule has 0 spiro atoms. The molecule has 1 saturated heterocycles. The first kappa shape index (κ1) is 23.4. The fourth-order valence-corrected chi connectivity index (χ4v) is 4.68. The summed E-state index contributed by atoms with van der Waals surface area (Å²) in [6.07, 6.45) is -0.739. The van der Waals surface area contributed by atoms with Gasteiger partial charge in [0.25, 0.3) is 11.8 Å². The van der Waals surface area contributed by atoms with Gasteiger partial charge in [0.1, 0.15) is 5.75 Å². The number of halogens is 2. The zero-order valence-electron chi connectivity index (χ0n) is 18.0. The minimum absolute atomic E-state index is 0.0962. The highest BCUT2D eigenvalue weighted by molar-refractivity contribution is 7.12. The largest absolute Gasteiger partial charge is 0.479 e. The Hall–Kier alpha value is -2.74. The Morgan fingerprint density at radius 3 is 2.39 bits per heavy atom. The van der Waals surface area contributed by atoms with Crippen molar-refractivity contribution in [3.8, 4) is 5.75 Å². The van der Waals surface area contributed by atoms with Gasteiger partial charge >= 0.3 is 0 Å². The topological polar surface area (TPSA) is 61.9 Å². The van der Waals surface area contributed by atoms with Gasteiger partial charge in [-0.3, -0.25) is 9.59 Å². The van der Waals surface area contributed by atoms with E-state index in [1.54, 1.807) is 25.1 Å². The van der Waals surface area contributed by atoms with E-state index < -0.39 is 6.10 Å². The maximum Gasteiger partial charge on any atom is 0.265 e. The van der Waals surface area contributed by atoms with E-state index in [1.807, 2.05) is 46.7 Å². The Morgan fingerprint density at radius 2 is 1.76 bits per heavy atom. The molecule has 2 aromatic carbocycles. The van der Waals surface area contributed by atoms with Crippen LogP contribution in [0.25, 0.3) is 0 Å². The molecule has 1 aliphatic rings. The van der Waals surface area contributed by atoms with Crippen LogP contribution in [0.5, 0.6) is 5.75 Å². The van der Waals surface area contributed by atoms with Crippen LogP contribution in [-0.4, -0.2) is 49.0 Å². The molecule has 1 aliphatic heterocycles. The minimum atomic E-state index is -0.739. The van der Waals surface area contributed by atoms with Gasteiger partial charge in [0, 0.05) is 42.6 Å². The molecule has 172 valence electrons. The summed E-state index contributed by atoms with van der Waals surface area (Å²) in [6.45, 7) is 4.53. The highest BCUT2D eigenvalue weighted by Gasteiger charge is 2.23. The summed E-state index contributed by atoms with van der Waals surface area (Å²) in [4.78, 5) is 29.9. The van der Waals surface area contributed by atoms with E-state index in [0.29, 0.717) is 34.6 Å². The van der Waals surface area contributed by atoms with Crippen LogP contribution in [0.3, 0.4) is 0 Å². The average molecular weight is 504 g/mol. The molecule has 0 unspecified atom stereocenters. The van der Waals surface area contributed by atoms with Gasteiger partial charge in [-0.1, -0.05) is 29.3 Å². The predicted molar refractivity (Wildman–Crippen MR) is 134 cm³/mol. The lowest BCUT2D eigenvalue weighted by Crippen LogP contribution is -2.48. The fraction of sp³-hybridized carbons (Fsp3) is 0.250. The summed E-state index contributed by atoms with van der Waals surface area (Å²) in [6, 6.07) is 16.3. The molecular formula is C24H23Cl2N3O3S. The van der Waals surface area contributed by atoms with Crippen molar-refractivity contribution in [2.24, 2.45) is 0 Å². The number of anilines is 2. The second-order valence-electron chi connectivity index (χ2n) is 7.63. The fourth-order valence-electron chi connectivity index (χ4n) is 3.54. The summed E-state index contributed by atoms with van der Waals surface area (Å²) in [7, 11) is 0. The standard InChI is InChI=1S/C24H23Cl2N3O3S/c1-16(32-21-9-4-17(25)15-20(21)26)23(30)27-18-5-7-19(8-6-18)28-10-12-29(13-11-28)24(31)22-3-2-14-33-22/h2-9,14-16H,10-13H2,1H3,(H,27,30)/t16-/m1/s1. The number of benzene rings is 2. The number of amides is 2. The first-order valence-electron chi connectivity index (χ1n) is 10.5. The van der Waals surface area contributed by atoms with E-state index in [1.165, 1.54) is 11.3 Å². The van der Waals surface area contributed by atoms with Crippen LogP contribution in [0.4, 0.5) is 11.4 Å². The smallest absolute Gasteiger partial charge is 0.265 e. The van der Waals surface area contributed by atoms with E-state index in [2.05, 4.69) is 10.2 Å². The zero-order chi connectivity index (χ0) is 23.4. The second kappa shape index (κ2) is 10.5. The third-order valence-electron chi connectivity index (χ3n) is 5.37. The molecule has 2 amide bonds. The normalized spacial score (nSPS) is 14.6. The highest BCUT2D eigenvalue weighted by atomic mass is 35.5. The number of hydrogen-bond acceptors (Lipinski definition) is 5. The lowest BCUT2D eigenvalue weighted by Gasteiger charge is -2.36. The van der Waals surface area contributed by atoms with Gasteiger partial charge < -0.3 is 19.9 Å². The molecule has 0 saturated carbocycles. The predicted octanol–water partition coefficient (Wildman–Crippen LogP) is 5.42. The molecule has 6 nitrogen and oxygen atoms in total. The molecular weight excluding hydrogens is 481 g/mol. The SMILES string of the molecule is C[C@@H](Oc1ccc(Cl)cc1Cl)C(=O)Nc1ccc(N2CCN(C(=O)c3cccs3)CC2)cc1. The van der Waals surface area contributed by atoms with Gasteiger partial charge in [0.2, 0.25) is 0 Å². The second-order valence-corrected chi connectivity index (χ2v) is 9.42. The average Bonchev–Trinajstić information content (AvgIpc) is 3.36. The number of ether oxygens (including phenoxy) is 1. The van der Waals surface area contributed by atoms with E-state index in [9.17, 15) is 9.59 Å². The Labute approximate surface area is 206 Å². The Kier molecular flexibility index (Phi) is 7.42. The van der Waals surface area contributed by atoms with Crippen LogP contribution in [0.1, 0.15) is 16.6 Å². The van der Waals surface area contributed by atoms with Crippen LogP contribution in [0, 0.1) is 0 Å². The molecule has 1 aromatic heterocycles. The van der Waals surface area contributed by atoms with Crippen molar-refractivity contribution in [2.45, 2.75) is 13.0 Å². The number of piperazine rings is 1. The number of thiophene rings is 1. The van der Waals surface area contributed by atoms with Gasteiger partial charge in [-0.2, -0.15) is 0 Å². The van der Waals surface area contributed by atoms with Crippen molar-refractivity contribution < 1.29 is 14.3 Å². The Bertz CT molecular complexity index is 1110. The van der Waals surface area contributed by atoms with Crippen LogP contribution >= 0.6 is 34.5 Å². The number of rotatable bonds is 6. The van der Waals surface area contributed by atoms with Gasteiger partial charge in [-0.25, -0.2) is 0 Å². The molecule has 0 aliphatic carbocycles. The molecule has 1 N–H and O–H groups in total. The molecule has 1 atom stereocenters. The molecule has 33 heavy (non-hydrogen) atoms. The molecule has 2 heterocycles. The lowest BCUT2D eigenvalue weighted by atomic mass is 10.2. The number of nitrogens with zero attached hydrogens (tertiary/aromatic N) is 2. The van der Waals surface area contributed by atoms with Crippen molar-refractivity contribution >= 4 is 57.7 Å². The first-order chi connectivity index (χ1) is 15.9. The van der Waals surface area contributed by atoms with Crippen molar-refractivity contribution in [3.05, 3.63) is 74.9 Å². The summed E-state index contributed by atoms with van der Waals surface area (Å²) in [5.41, 5.74) is 1.72. The molecule has 4 rings (SSSR count). The summed E-state index contributed by atoms with van der Waals surface area (Å²) in [5.74, 6) is 0.212. The van der Waals surface area contributed by atoms with Gasteiger partial charge in [0.05, 0.1) is 9.90 Å². The van der Waals surface area contributed by atoms with E-state index in [0.717, 1.165) is 23.7 Å². The monoisotopic (exact) mass is 503 g/mol. The molecule has 0 bridgehead atoms. The van der Waals surface area contributed by atoms with Crippen LogP contribution in [0.2, 0.25) is 10.0 Å². The number of nitrogens with one attached hydrogen (secondary N) is 1. The maximum atomic E-state index is 12.5. The molecule has 3 aromatic rings. The summed E-state index contributed by atoms with van der Waals surface area (Å²) >= 11 is 13.5. The van der Waals surface area contributed by atoms with E-state index in [-0.39, 0.29) is 11.8 Å². The maximum absolute atomic E-state index is 12.5. The quantitative estimate of drug-likeness (QED) is 0.487. The van der Waals surface area contributed by atoms with Crippen LogP contribution < -0.4 is 15.0 Å².